The maximum absolute atomic E-state index is 6.69. The summed E-state index contributed by atoms with van der Waals surface area (Å²) in [7, 11) is -3.12. The zero-order chi connectivity index (χ0) is 21.8. The molecule has 0 saturated carbocycles. The lowest BCUT2D eigenvalue weighted by Gasteiger charge is -2.39. The van der Waals surface area contributed by atoms with Gasteiger partial charge in [0.25, 0.3) is 8.32 Å². The average molecular weight is 539 g/mol. The number of rotatable bonds is 8. The molecule has 8 heteroatoms. The first kappa shape index (κ1) is 24.2. The zero-order valence-electron chi connectivity index (χ0n) is 15.6. The molecule has 30 heavy (non-hydrogen) atoms. The van der Waals surface area contributed by atoms with Crippen LogP contribution < -0.4 is 15.6 Å². The molecular formula is C22H18Cl6OSi. The molecular weight excluding hydrogens is 521 g/mol. The Morgan fingerprint density at radius 1 is 0.600 bits per heavy atom. The molecule has 2 unspecified atom stereocenters. The fourth-order valence-electron chi connectivity index (χ4n) is 3.25. The standard InChI is InChI=1S/C22H18Cl6OSi/c23-19(20(24)25)22(27,28)21(26)29-30(16-10-4-1-5-11-16,17-12-6-2-7-13-17)18-14-8-3-9-15-18/h1-15,19-21H. The Bertz CT molecular complexity index is 827. The maximum Gasteiger partial charge on any atom is 0.289 e. The van der Waals surface area contributed by atoms with Gasteiger partial charge in [0.1, 0.15) is 10.2 Å². The third kappa shape index (κ3) is 4.97. The summed E-state index contributed by atoms with van der Waals surface area (Å²) in [5.41, 5.74) is -1.20. The van der Waals surface area contributed by atoms with Crippen LogP contribution in [0.3, 0.4) is 0 Å². The summed E-state index contributed by atoms with van der Waals surface area (Å²) in [5, 5.41) is 1.89. The molecule has 0 heterocycles. The molecule has 0 aliphatic heterocycles. The van der Waals surface area contributed by atoms with Crippen molar-refractivity contribution in [2.24, 2.45) is 0 Å². The van der Waals surface area contributed by atoms with Crippen LogP contribution in [0.2, 0.25) is 0 Å². The van der Waals surface area contributed by atoms with Gasteiger partial charge in [0.05, 0.1) is 0 Å². The van der Waals surface area contributed by atoms with Crippen molar-refractivity contribution >= 4 is 93.5 Å². The monoisotopic (exact) mass is 536 g/mol. The van der Waals surface area contributed by atoms with Gasteiger partial charge in [-0.05, 0) is 15.6 Å². The molecule has 0 amide bonds. The molecule has 0 spiro atoms. The molecule has 0 bridgehead atoms. The lowest BCUT2D eigenvalue weighted by Crippen LogP contribution is -2.71. The minimum absolute atomic E-state index is 0.983. The van der Waals surface area contributed by atoms with Crippen molar-refractivity contribution in [1.29, 1.82) is 0 Å². The summed E-state index contributed by atoms with van der Waals surface area (Å²) in [6.07, 6.45) is 0. The lowest BCUT2D eigenvalue weighted by molar-refractivity contribution is 0.262. The van der Waals surface area contributed by atoms with E-state index >= 15 is 0 Å². The SMILES string of the molecule is ClC(Cl)C(Cl)C(Cl)(Cl)C(Cl)O[Si](c1ccccc1)(c1ccccc1)c1ccccc1. The van der Waals surface area contributed by atoms with Crippen molar-refractivity contribution in [3.05, 3.63) is 91.0 Å². The Morgan fingerprint density at radius 3 is 1.23 bits per heavy atom. The van der Waals surface area contributed by atoms with E-state index in [0.717, 1.165) is 15.6 Å². The number of hydrogen-bond acceptors (Lipinski definition) is 1. The van der Waals surface area contributed by atoms with Gasteiger partial charge in [0, 0.05) is 0 Å². The van der Waals surface area contributed by atoms with Crippen LogP contribution in [0.25, 0.3) is 0 Å². The second-order valence-corrected chi connectivity index (χ2v) is 13.4. The summed E-state index contributed by atoms with van der Waals surface area (Å²) in [6, 6.07) is 29.7. The molecule has 0 saturated heterocycles. The minimum atomic E-state index is -3.12. The first-order chi connectivity index (χ1) is 14.3. The van der Waals surface area contributed by atoms with E-state index in [0.29, 0.717) is 0 Å². The molecule has 0 N–H and O–H groups in total. The van der Waals surface area contributed by atoms with Crippen LogP contribution in [0.5, 0.6) is 0 Å². The first-order valence-corrected chi connectivity index (χ1v) is 13.5. The molecule has 3 rings (SSSR count). The van der Waals surface area contributed by atoms with Crippen LogP contribution in [0.1, 0.15) is 0 Å². The van der Waals surface area contributed by atoms with Crippen LogP contribution >= 0.6 is 69.6 Å². The summed E-state index contributed by atoms with van der Waals surface area (Å²) in [5.74, 6) is 0. The number of alkyl halides is 6. The normalized spacial score (nSPS) is 14.5. The molecule has 3 aromatic carbocycles. The van der Waals surface area contributed by atoms with Crippen molar-refractivity contribution in [3.8, 4) is 0 Å². The summed E-state index contributed by atoms with van der Waals surface area (Å²) >= 11 is 37.9. The van der Waals surface area contributed by atoms with Gasteiger partial charge < -0.3 is 4.43 Å². The molecule has 0 aromatic heterocycles. The fraction of sp³-hybridized carbons (Fsp3) is 0.182. The summed E-state index contributed by atoms with van der Waals surface area (Å²) in [6.45, 7) is 0. The van der Waals surface area contributed by atoms with E-state index < -0.39 is 28.4 Å². The Kier molecular flexibility index (Phi) is 8.45. The van der Waals surface area contributed by atoms with E-state index in [1.807, 2.05) is 91.0 Å². The van der Waals surface area contributed by atoms with Crippen LogP contribution in [-0.4, -0.2) is 28.4 Å². The van der Waals surface area contributed by atoms with Crippen molar-refractivity contribution in [2.45, 2.75) is 20.1 Å². The quantitative estimate of drug-likeness (QED) is 0.199. The second-order valence-electron chi connectivity index (χ2n) is 6.62. The zero-order valence-corrected chi connectivity index (χ0v) is 21.1. The van der Waals surface area contributed by atoms with Gasteiger partial charge in [0.15, 0.2) is 9.90 Å². The Balaban J connectivity index is 2.22. The number of halogens is 6. The summed E-state index contributed by atoms with van der Waals surface area (Å²) < 4.78 is 4.93. The molecule has 2 atom stereocenters. The fourth-order valence-corrected chi connectivity index (χ4v) is 9.00. The molecule has 0 aliphatic carbocycles. The van der Waals surface area contributed by atoms with Gasteiger partial charge >= 0.3 is 0 Å². The van der Waals surface area contributed by atoms with E-state index in [-0.39, 0.29) is 0 Å². The third-order valence-electron chi connectivity index (χ3n) is 4.71. The van der Waals surface area contributed by atoms with Gasteiger partial charge in [0.2, 0.25) is 0 Å². The van der Waals surface area contributed by atoms with Crippen molar-refractivity contribution in [1.82, 2.24) is 0 Å². The summed E-state index contributed by atoms with van der Waals surface area (Å²) in [4.78, 5) is -1.03. The molecule has 1 nitrogen and oxygen atoms in total. The van der Waals surface area contributed by atoms with Gasteiger partial charge in [-0.2, -0.15) is 0 Å². The third-order valence-corrected chi connectivity index (χ3v) is 12.0. The smallest absolute Gasteiger partial charge is 0.289 e. The topological polar surface area (TPSA) is 9.23 Å². The minimum Gasteiger partial charge on any atom is -0.385 e. The predicted octanol–water partition coefficient (Wildman–Crippen LogP) is 5.82. The Morgan fingerprint density at radius 2 is 0.933 bits per heavy atom. The van der Waals surface area contributed by atoms with Crippen molar-refractivity contribution in [3.63, 3.8) is 0 Å². The number of hydrogen-bond donors (Lipinski definition) is 0. The van der Waals surface area contributed by atoms with E-state index in [4.69, 9.17) is 74.0 Å². The highest BCUT2D eigenvalue weighted by Crippen LogP contribution is 2.41. The average Bonchev–Trinajstić information content (AvgIpc) is 2.78. The second kappa shape index (κ2) is 10.5. The molecule has 0 aliphatic rings. The molecule has 0 radical (unpaired) electrons. The largest absolute Gasteiger partial charge is 0.385 e. The van der Waals surface area contributed by atoms with Gasteiger partial charge in [-0.1, -0.05) is 126 Å². The number of benzene rings is 3. The Labute approximate surface area is 207 Å². The van der Waals surface area contributed by atoms with Crippen LogP contribution in [0, 0.1) is 0 Å². The highest BCUT2D eigenvalue weighted by atomic mass is 35.5. The van der Waals surface area contributed by atoms with Crippen LogP contribution in [-0.2, 0) is 4.43 Å². The molecule has 158 valence electrons. The van der Waals surface area contributed by atoms with Gasteiger partial charge in [-0.3, -0.25) is 0 Å². The highest BCUT2D eigenvalue weighted by molar-refractivity contribution is 7.07. The van der Waals surface area contributed by atoms with Crippen molar-refractivity contribution in [2.75, 3.05) is 0 Å². The van der Waals surface area contributed by atoms with Crippen LogP contribution in [0.15, 0.2) is 91.0 Å². The first-order valence-electron chi connectivity index (χ1n) is 9.08. The van der Waals surface area contributed by atoms with E-state index in [1.165, 1.54) is 0 Å². The highest BCUT2D eigenvalue weighted by Gasteiger charge is 2.51. The van der Waals surface area contributed by atoms with Gasteiger partial charge in [-0.25, -0.2) is 0 Å². The van der Waals surface area contributed by atoms with E-state index in [1.54, 1.807) is 0 Å². The molecule has 0 fully saturated rings. The lowest BCUT2D eigenvalue weighted by atomic mass is 10.3. The van der Waals surface area contributed by atoms with E-state index in [2.05, 4.69) is 0 Å². The van der Waals surface area contributed by atoms with Crippen molar-refractivity contribution < 1.29 is 4.43 Å². The van der Waals surface area contributed by atoms with Crippen LogP contribution in [0.4, 0.5) is 0 Å². The van der Waals surface area contributed by atoms with Gasteiger partial charge in [-0.15, -0.1) is 34.8 Å². The molecule has 3 aromatic rings. The Hall–Kier alpha value is -0.423. The predicted molar refractivity (Wildman–Crippen MR) is 134 cm³/mol. The maximum atomic E-state index is 6.69. The van der Waals surface area contributed by atoms with E-state index in [9.17, 15) is 0 Å².